The molecule has 0 atom stereocenters. The highest BCUT2D eigenvalue weighted by molar-refractivity contribution is 6.10. The molecule has 5 rings (SSSR count). The average Bonchev–Trinajstić information content (AvgIpc) is 3.49. The van der Waals surface area contributed by atoms with Crippen LogP contribution in [0, 0.1) is 0 Å². The summed E-state index contributed by atoms with van der Waals surface area (Å²) < 4.78 is 10.9. The molecule has 0 spiro atoms. The first-order valence-electron chi connectivity index (χ1n) is 10.6. The van der Waals surface area contributed by atoms with Gasteiger partial charge >= 0.3 is 6.03 Å². The highest BCUT2D eigenvalue weighted by atomic mass is 16.5. The highest BCUT2D eigenvalue weighted by Crippen LogP contribution is 2.27. The molecule has 0 fully saturated rings. The van der Waals surface area contributed by atoms with E-state index in [0.29, 0.717) is 33.9 Å². The number of carbonyl (C=O) groups excluding carboxylic acids is 2. The fraction of sp³-hybridized carbons (Fsp3) is 0.160. The minimum Gasteiger partial charge on any atom is -0.508 e. The molecule has 0 saturated carbocycles. The maximum absolute atomic E-state index is 12.9. The van der Waals surface area contributed by atoms with Gasteiger partial charge < -0.3 is 24.3 Å². The van der Waals surface area contributed by atoms with Gasteiger partial charge in [-0.25, -0.2) is 4.79 Å². The number of nitrogens with one attached hydrogen (secondary N) is 3. The molecular formula is C25H22N4O5. The lowest BCUT2D eigenvalue weighted by atomic mass is 9.93. The molecule has 3 heterocycles. The summed E-state index contributed by atoms with van der Waals surface area (Å²) in [5, 5.41) is 20.3. The number of carbonyl (C=O) groups is 2. The zero-order valence-corrected chi connectivity index (χ0v) is 18.7. The van der Waals surface area contributed by atoms with Crippen LogP contribution in [0.4, 0.5) is 16.3 Å². The molecule has 4 N–H and O–H groups in total. The van der Waals surface area contributed by atoms with Crippen LogP contribution in [0.15, 0.2) is 63.5 Å². The van der Waals surface area contributed by atoms with E-state index in [0.717, 1.165) is 10.9 Å². The van der Waals surface area contributed by atoms with E-state index in [1.165, 1.54) is 12.1 Å². The Hall–Kier alpha value is -4.53. The van der Waals surface area contributed by atoms with Crippen LogP contribution < -0.4 is 10.6 Å². The minimum absolute atomic E-state index is 0.0974. The molecule has 2 aromatic carbocycles. The number of aromatic nitrogens is 2. The molecule has 34 heavy (non-hydrogen) atoms. The number of rotatable bonds is 4. The van der Waals surface area contributed by atoms with Crippen LogP contribution in [0.1, 0.15) is 42.8 Å². The van der Waals surface area contributed by atoms with Crippen LogP contribution in [0.2, 0.25) is 0 Å². The highest BCUT2D eigenvalue weighted by Gasteiger charge is 2.21. The van der Waals surface area contributed by atoms with Crippen LogP contribution >= 0.6 is 0 Å². The van der Waals surface area contributed by atoms with Crippen molar-refractivity contribution in [1.82, 2.24) is 10.1 Å². The van der Waals surface area contributed by atoms with E-state index in [4.69, 9.17) is 8.94 Å². The summed E-state index contributed by atoms with van der Waals surface area (Å²) in [6, 6.07) is 14.4. The first kappa shape index (κ1) is 21.3. The lowest BCUT2D eigenvalue weighted by molar-refractivity contribution is 0.101. The minimum atomic E-state index is -0.467. The van der Waals surface area contributed by atoms with Gasteiger partial charge in [0.05, 0.1) is 5.69 Å². The van der Waals surface area contributed by atoms with Gasteiger partial charge in [-0.1, -0.05) is 25.9 Å². The smallest absolute Gasteiger partial charge is 0.324 e. The van der Waals surface area contributed by atoms with E-state index in [1.807, 2.05) is 20.8 Å². The normalized spacial score (nSPS) is 11.7. The lowest BCUT2D eigenvalue weighted by Crippen LogP contribution is -2.19. The summed E-state index contributed by atoms with van der Waals surface area (Å²) in [7, 11) is 0. The van der Waals surface area contributed by atoms with E-state index >= 15 is 0 Å². The van der Waals surface area contributed by atoms with E-state index in [-0.39, 0.29) is 22.7 Å². The Kier molecular flexibility index (Phi) is 4.89. The number of H-pyrrole nitrogens is 1. The van der Waals surface area contributed by atoms with Crippen LogP contribution in [0.25, 0.3) is 21.9 Å². The molecule has 0 radical (unpaired) electrons. The lowest BCUT2D eigenvalue weighted by Gasteiger charge is -2.12. The van der Waals surface area contributed by atoms with E-state index in [9.17, 15) is 14.7 Å². The van der Waals surface area contributed by atoms with Crippen molar-refractivity contribution in [2.75, 3.05) is 10.6 Å². The van der Waals surface area contributed by atoms with Gasteiger partial charge in [-0.15, -0.1) is 0 Å². The third-order valence-electron chi connectivity index (χ3n) is 5.34. The standard InChI is InChI=1S/C25H22N4O5/c1-25(2,3)21-12-22(29-34-21)28-24(32)26-15-4-6-17-13(8-15)10-18(27-17)23(31)20-11-14-9-16(30)5-7-19(14)33-20/h4-12,27,30H,1-3H3,(H2,26,28,29,32). The number of urea groups is 1. The Bertz CT molecular complexity index is 1550. The molecule has 3 aromatic heterocycles. The van der Waals surface area contributed by atoms with Gasteiger partial charge in [0.1, 0.15) is 17.1 Å². The van der Waals surface area contributed by atoms with Gasteiger partial charge in [-0.2, -0.15) is 0 Å². The number of amides is 2. The number of anilines is 2. The zero-order valence-electron chi connectivity index (χ0n) is 18.7. The van der Waals surface area contributed by atoms with Gasteiger partial charge in [-0.05, 0) is 48.5 Å². The summed E-state index contributed by atoms with van der Waals surface area (Å²) in [6.45, 7) is 5.96. The molecule has 0 unspecified atom stereocenters. The summed E-state index contributed by atoms with van der Waals surface area (Å²) in [5.41, 5.74) is 1.91. The van der Waals surface area contributed by atoms with Crippen LogP contribution in [0.5, 0.6) is 5.75 Å². The zero-order chi connectivity index (χ0) is 24.0. The summed E-state index contributed by atoms with van der Waals surface area (Å²) >= 11 is 0. The second-order valence-corrected chi connectivity index (χ2v) is 9.05. The molecule has 0 aliphatic heterocycles. The van der Waals surface area contributed by atoms with Crippen molar-refractivity contribution >= 4 is 45.2 Å². The molecule has 0 saturated heterocycles. The molecule has 0 aliphatic rings. The molecule has 0 bridgehead atoms. The number of hydrogen-bond donors (Lipinski definition) is 4. The van der Waals surface area contributed by atoms with E-state index in [1.54, 1.807) is 42.5 Å². The second-order valence-electron chi connectivity index (χ2n) is 9.05. The molecule has 2 amide bonds. The molecule has 0 aliphatic carbocycles. The van der Waals surface area contributed by atoms with Crippen molar-refractivity contribution < 1.29 is 23.6 Å². The van der Waals surface area contributed by atoms with Crippen molar-refractivity contribution in [2.45, 2.75) is 26.2 Å². The number of benzene rings is 2. The number of furan rings is 1. The Balaban J connectivity index is 1.32. The maximum atomic E-state index is 12.9. The second kappa shape index (κ2) is 7.80. The van der Waals surface area contributed by atoms with E-state index in [2.05, 4.69) is 20.8 Å². The summed E-state index contributed by atoms with van der Waals surface area (Å²) in [5.74, 6) is 0.916. The van der Waals surface area contributed by atoms with Gasteiger partial charge in [0.25, 0.3) is 0 Å². The monoisotopic (exact) mass is 458 g/mol. The fourth-order valence-corrected chi connectivity index (χ4v) is 3.57. The number of fused-ring (bicyclic) bond motifs is 2. The number of aromatic amines is 1. The average molecular weight is 458 g/mol. The number of phenols is 1. The molecule has 5 aromatic rings. The first-order chi connectivity index (χ1) is 16.2. The molecular weight excluding hydrogens is 436 g/mol. The van der Waals surface area contributed by atoms with Gasteiger partial charge in [0, 0.05) is 33.5 Å². The number of ketones is 1. The Labute approximate surface area is 193 Å². The van der Waals surface area contributed by atoms with Crippen molar-refractivity contribution in [2.24, 2.45) is 0 Å². The molecule has 172 valence electrons. The number of nitrogens with zero attached hydrogens (tertiary/aromatic N) is 1. The van der Waals surface area contributed by atoms with Crippen LogP contribution in [-0.2, 0) is 5.41 Å². The predicted octanol–water partition coefficient (Wildman–Crippen LogP) is 5.78. The van der Waals surface area contributed by atoms with Gasteiger partial charge in [-0.3, -0.25) is 10.1 Å². The number of aromatic hydroxyl groups is 1. The molecule has 9 nitrogen and oxygen atoms in total. The first-order valence-corrected chi connectivity index (χ1v) is 10.6. The van der Waals surface area contributed by atoms with Crippen molar-refractivity contribution in [1.29, 1.82) is 0 Å². The molecule has 9 heteroatoms. The van der Waals surface area contributed by atoms with Crippen LogP contribution in [-0.4, -0.2) is 27.1 Å². The Morgan fingerprint density at radius 3 is 2.56 bits per heavy atom. The fourth-order valence-electron chi connectivity index (χ4n) is 3.57. The third kappa shape index (κ3) is 4.11. The quantitative estimate of drug-likeness (QED) is 0.252. The largest absolute Gasteiger partial charge is 0.508 e. The van der Waals surface area contributed by atoms with Gasteiger partial charge in [0.15, 0.2) is 11.6 Å². The van der Waals surface area contributed by atoms with Crippen LogP contribution in [0.3, 0.4) is 0 Å². The Morgan fingerprint density at radius 2 is 1.79 bits per heavy atom. The van der Waals surface area contributed by atoms with Crippen molar-refractivity contribution in [3.05, 3.63) is 71.8 Å². The summed E-state index contributed by atoms with van der Waals surface area (Å²) in [6.07, 6.45) is 0. The van der Waals surface area contributed by atoms with Gasteiger partial charge in [0.2, 0.25) is 5.78 Å². The number of hydrogen-bond acceptors (Lipinski definition) is 6. The number of phenolic OH excluding ortho intramolecular Hbond substituents is 1. The SMILES string of the molecule is CC(C)(C)c1cc(NC(=O)Nc2ccc3[nH]c(C(=O)c4cc5cc(O)ccc5o4)cc3c2)no1. The van der Waals surface area contributed by atoms with E-state index < -0.39 is 6.03 Å². The Morgan fingerprint density at radius 1 is 0.971 bits per heavy atom. The topological polar surface area (TPSA) is 133 Å². The van der Waals surface area contributed by atoms with Crippen molar-refractivity contribution in [3.8, 4) is 5.75 Å². The maximum Gasteiger partial charge on any atom is 0.324 e. The van der Waals surface area contributed by atoms with Crippen molar-refractivity contribution in [3.63, 3.8) is 0 Å². The predicted molar refractivity (Wildman–Crippen MR) is 127 cm³/mol. The third-order valence-corrected chi connectivity index (χ3v) is 5.34. The summed E-state index contributed by atoms with van der Waals surface area (Å²) in [4.78, 5) is 28.4.